The molecule has 0 bridgehead atoms. The zero-order valence-electron chi connectivity index (χ0n) is 8.13. The molecule has 0 aliphatic heterocycles. The zero-order chi connectivity index (χ0) is 10.1. The molecule has 0 saturated heterocycles. The van der Waals surface area contributed by atoms with Crippen molar-refractivity contribution in [2.75, 3.05) is 7.11 Å². The Morgan fingerprint density at radius 3 is 2.86 bits per heavy atom. The molecule has 1 aromatic heterocycles. The van der Waals surface area contributed by atoms with E-state index in [-0.39, 0.29) is 0 Å². The zero-order valence-corrected chi connectivity index (χ0v) is 10.5. The number of rotatable bonds is 2. The van der Waals surface area contributed by atoms with E-state index in [2.05, 4.69) is 41.1 Å². The molecule has 0 spiro atoms. The fourth-order valence-electron chi connectivity index (χ4n) is 1.53. The SMILES string of the molecule is COc1sc2cc(C)ccc2c1CBr. The number of alkyl halides is 1. The Hall–Kier alpha value is -0.540. The maximum absolute atomic E-state index is 5.35. The van der Waals surface area contributed by atoms with Crippen LogP contribution in [0.3, 0.4) is 0 Å². The Kier molecular flexibility index (Phi) is 2.79. The van der Waals surface area contributed by atoms with Crippen molar-refractivity contribution in [1.82, 2.24) is 0 Å². The summed E-state index contributed by atoms with van der Waals surface area (Å²) < 4.78 is 6.65. The molecule has 14 heavy (non-hydrogen) atoms. The normalized spacial score (nSPS) is 10.8. The number of hydrogen-bond acceptors (Lipinski definition) is 2. The summed E-state index contributed by atoms with van der Waals surface area (Å²) in [5.74, 6) is 0. The van der Waals surface area contributed by atoms with Crippen LogP contribution < -0.4 is 4.74 Å². The smallest absolute Gasteiger partial charge is 0.178 e. The number of methoxy groups -OCH3 is 1. The molecule has 2 aromatic rings. The molecule has 0 fully saturated rings. The lowest BCUT2D eigenvalue weighted by Crippen LogP contribution is -1.82. The number of ether oxygens (including phenoxy) is 1. The number of aryl methyl sites for hydroxylation is 1. The van der Waals surface area contributed by atoms with E-state index in [1.54, 1.807) is 18.4 Å². The Bertz CT molecular complexity index is 462. The second-order valence-electron chi connectivity index (χ2n) is 3.21. The van der Waals surface area contributed by atoms with E-state index < -0.39 is 0 Å². The van der Waals surface area contributed by atoms with E-state index >= 15 is 0 Å². The summed E-state index contributed by atoms with van der Waals surface area (Å²) in [6.45, 7) is 2.11. The fraction of sp³-hybridized carbons (Fsp3) is 0.273. The van der Waals surface area contributed by atoms with Crippen LogP contribution in [0.1, 0.15) is 11.1 Å². The van der Waals surface area contributed by atoms with Crippen molar-refractivity contribution in [3.63, 3.8) is 0 Å². The van der Waals surface area contributed by atoms with Gasteiger partial charge in [0.25, 0.3) is 0 Å². The molecule has 0 unspecified atom stereocenters. The Labute approximate surface area is 95.8 Å². The van der Waals surface area contributed by atoms with E-state index in [1.165, 1.54) is 21.2 Å². The average Bonchev–Trinajstić information content (AvgIpc) is 2.54. The van der Waals surface area contributed by atoms with E-state index in [0.29, 0.717) is 0 Å². The van der Waals surface area contributed by atoms with Crippen molar-refractivity contribution in [3.05, 3.63) is 29.3 Å². The largest absolute Gasteiger partial charge is 0.487 e. The van der Waals surface area contributed by atoms with Gasteiger partial charge in [-0.15, -0.1) is 0 Å². The first-order chi connectivity index (χ1) is 6.76. The molecule has 1 nitrogen and oxygen atoms in total. The third-order valence-electron chi connectivity index (χ3n) is 2.23. The van der Waals surface area contributed by atoms with E-state index in [9.17, 15) is 0 Å². The molecule has 1 heterocycles. The fourth-order valence-corrected chi connectivity index (χ4v) is 3.40. The number of hydrogen-bond donors (Lipinski definition) is 0. The lowest BCUT2D eigenvalue weighted by Gasteiger charge is -1.97. The second-order valence-corrected chi connectivity index (χ2v) is 4.78. The Balaban J connectivity index is 2.73. The Morgan fingerprint density at radius 1 is 1.43 bits per heavy atom. The van der Waals surface area contributed by atoms with Crippen LogP contribution in [0.4, 0.5) is 0 Å². The minimum atomic E-state index is 0.846. The molecule has 0 atom stereocenters. The van der Waals surface area contributed by atoms with Crippen LogP contribution in [0.15, 0.2) is 18.2 Å². The van der Waals surface area contributed by atoms with Crippen LogP contribution in [0.25, 0.3) is 10.1 Å². The van der Waals surface area contributed by atoms with Crippen LogP contribution in [0.2, 0.25) is 0 Å². The van der Waals surface area contributed by atoms with Crippen LogP contribution in [-0.2, 0) is 5.33 Å². The van der Waals surface area contributed by atoms with Gasteiger partial charge < -0.3 is 4.74 Å². The molecule has 0 N–H and O–H groups in total. The van der Waals surface area contributed by atoms with Gasteiger partial charge >= 0.3 is 0 Å². The van der Waals surface area contributed by atoms with Crippen LogP contribution in [0, 0.1) is 6.92 Å². The molecule has 3 heteroatoms. The monoisotopic (exact) mass is 270 g/mol. The molecule has 2 rings (SSSR count). The predicted octanol–water partition coefficient (Wildman–Crippen LogP) is 4.11. The number of fused-ring (bicyclic) bond motifs is 1. The van der Waals surface area contributed by atoms with Crippen LogP contribution in [0.5, 0.6) is 5.06 Å². The van der Waals surface area contributed by atoms with Crippen LogP contribution in [-0.4, -0.2) is 7.11 Å². The predicted molar refractivity (Wildman–Crippen MR) is 65.7 cm³/mol. The summed E-state index contributed by atoms with van der Waals surface area (Å²) in [5, 5.41) is 3.16. The highest BCUT2D eigenvalue weighted by molar-refractivity contribution is 9.08. The molecule has 1 aromatic carbocycles. The van der Waals surface area contributed by atoms with Crippen molar-refractivity contribution in [1.29, 1.82) is 0 Å². The summed E-state index contributed by atoms with van der Waals surface area (Å²) in [7, 11) is 1.73. The molecule has 0 aliphatic rings. The number of thiophene rings is 1. The molecule has 0 aliphatic carbocycles. The van der Waals surface area contributed by atoms with Crippen LogP contribution >= 0.6 is 27.3 Å². The van der Waals surface area contributed by atoms with Gasteiger partial charge in [-0.2, -0.15) is 0 Å². The van der Waals surface area contributed by atoms with Gasteiger partial charge in [-0.05, 0) is 18.6 Å². The molecule has 0 amide bonds. The van der Waals surface area contributed by atoms with Gasteiger partial charge in [0.05, 0.1) is 7.11 Å². The van der Waals surface area contributed by atoms with Crippen molar-refractivity contribution in [3.8, 4) is 5.06 Å². The number of benzene rings is 1. The third-order valence-corrected chi connectivity index (χ3v) is 3.95. The van der Waals surface area contributed by atoms with Crippen molar-refractivity contribution < 1.29 is 4.74 Å². The molecular formula is C11H11BrOS. The van der Waals surface area contributed by atoms with Gasteiger partial charge in [-0.25, -0.2) is 0 Å². The van der Waals surface area contributed by atoms with Gasteiger partial charge in [-0.1, -0.05) is 39.4 Å². The highest BCUT2D eigenvalue weighted by Gasteiger charge is 2.10. The molecule has 74 valence electrons. The topological polar surface area (TPSA) is 9.23 Å². The van der Waals surface area contributed by atoms with Crippen molar-refractivity contribution in [2.45, 2.75) is 12.3 Å². The van der Waals surface area contributed by atoms with Gasteiger partial charge in [0, 0.05) is 21.0 Å². The lowest BCUT2D eigenvalue weighted by atomic mass is 10.1. The van der Waals surface area contributed by atoms with Crippen molar-refractivity contribution >= 4 is 37.4 Å². The van der Waals surface area contributed by atoms with Gasteiger partial charge in [0.1, 0.15) is 0 Å². The lowest BCUT2D eigenvalue weighted by molar-refractivity contribution is 0.424. The minimum Gasteiger partial charge on any atom is -0.487 e. The third kappa shape index (κ3) is 1.55. The summed E-state index contributed by atoms with van der Waals surface area (Å²) in [6, 6.07) is 6.51. The Morgan fingerprint density at radius 2 is 2.21 bits per heavy atom. The summed E-state index contributed by atoms with van der Waals surface area (Å²) in [4.78, 5) is 0. The van der Waals surface area contributed by atoms with E-state index in [1.807, 2.05) is 0 Å². The quantitative estimate of drug-likeness (QED) is 0.747. The van der Waals surface area contributed by atoms with Gasteiger partial charge in [-0.3, -0.25) is 0 Å². The second kappa shape index (κ2) is 3.91. The summed E-state index contributed by atoms with van der Waals surface area (Å²) in [6.07, 6.45) is 0. The molecule has 0 radical (unpaired) electrons. The van der Waals surface area contributed by atoms with E-state index in [0.717, 1.165) is 10.4 Å². The maximum Gasteiger partial charge on any atom is 0.178 e. The molecular weight excluding hydrogens is 260 g/mol. The highest BCUT2D eigenvalue weighted by atomic mass is 79.9. The van der Waals surface area contributed by atoms with Gasteiger partial charge in [0.15, 0.2) is 5.06 Å². The summed E-state index contributed by atoms with van der Waals surface area (Å²) >= 11 is 5.21. The number of halogens is 1. The molecule has 0 saturated carbocycles. The first kappa shape index (κ1) is 9.99. The maximum atomic E-state index is 5.35. The standard InChI is InChI=1S/C11H11BrOS/c1-7-3-4-8-9(6-12)11(13-2)14-10(8)5-7/h3-5H,6H2,1-2H3. The average molecular weight is 271 g/mol. The first-order valence-corrected chi connectivity index (χ1v) is 6.32. The van der Waals surface area contributed by atoms with Gasteiger partial charge in [0.2, 0.25) is 0 Å². The summed E-state index contributed by atoms with van der Waals surface area (Å²) in [5.41, 5.74) is 2.55. The van der Waals surface area contributed by atoms with Crippen molar-refractivity contribution in [2.24, 2.45) is 0 Å². The minimum absolute atomic E-state index is 0.846. The first-order valence-electron chi connectivity index (χ1n) is 4.38. The highest BCUT2D eigenvalue weighted by Crippen LogP contribution is 2.38. The van der Waals surface area contributed by atoms with E-state index in [4.69, 9.17) is 4.74 Å².